The zero-order valence-corrected chi connectivity index (χ0v) is 12.3. The molecular weight excluding hydrogens is 302 g/mol. The largest absolute Gasteiger partial charge is 0.503 e. The molecule has 0 aliphatic rings. The van der Waals surface area contributed by atoms with Gasteiger partial charge in [0.2, 0.25) is 0 Å². The number of hydrogen-bond acceptors (Lipinski definition) is 3. The van der Waals surface area contributed by atoms with Gasteiger partial charge in [-0.25, -0.2) is 8.78 Å². The minimum absolute atomic E-state index is 0.318. The summed E-state index contributed by atoms with van der Waals surface area (Å²) in [5, 5.41) is 13.3. The third kappa shape index (κ3) is 3.15. The number of phenolic OH excluding ortho intramolecular Hbond substituents is 1. The maximum atomic E-state index is 13.4. The van der Waals surface area contributed by atoms with Gasteiger partial charge in [-0.15, -0.1) is 0 Å². The predicted molar refractivity (Wildman–Crippen MR) is 81.3 cm³/mol. The van der Waals surface area contributed by atoms with Gasteiger partial charge in [-0.05, 0) is 35.4 Å². The summed E-state index contributed by atoms with van der Waals surface area (Å²) in [5.74, 6) is -2.20. The number of methoxy groups -OCH3 is 1. The van der Waals surface area contributed by atoms with E-state index in [9.17, 15) is 8.78 Å². The molecule has 3 aromatic rings. The van der Waals surface area contributed by atoms with Gasteiger partial charge in [0.25, 0.3) is 0 Å². The highest BCUT2D eigenvalue weighted by Gasteiger charge is 2.12. The van der Waals surface area contributed by atoms with Gasteiger partial charge in [-0.1, -0.05) is 12.1 Å². The molecule has 0 saturated heterocycles. The standard InChI is InChI=1S/C17H14F2N2O2/c1-23-14-4-2-11(3-5-14)9-21-10-13(8-20-21)12-6-15(18)17(22)16(19)7-12/h2-8,10,22H,9H2,1H3. The lowest BCUT2D eigenvalue weighted by Gasteiger charge is -2.04. The second-order valence-corrected chi connectivity index (χ2v) is 5.06. The number of halogens is 2. The fourth-order valence-electron chi connectivity index (χ4n) is 2.25. The van der Waals surface area contributed by atoms with E-state index < -0.39 is 17.4 Å². The molecule has 0 radical (unpaired) electrons. The normalized spacial score (nSPS) is 10.7. The molecule has 0 atom stereocenters. The summed E-state index contributed by atoms with van der Waals surface area (Å²) < 4.78 is 33.6. The van der Waals surface area contributed by atoms with E-state index in [4.69, 9.17) is 9.84 Å². The monoisotopic (exact) mass is 316 g/mol. The Labute approximate surface area is 131 Å². The molecule has 1 N–H and O–H groups in total. The van der Waals surface area contributed by atoms with Crippen LogP contribution in [0.3, 0.4) is 0 Å². The van der Waals surface area contributed by atoms with Crippen LogP contribution in [0.1, 0.15) is 5.56 Å². The summed E-state index contributed by atoms with van der Waals surface area (Å²) >= 11 is 0. The molecule has 0 aliphatic carbocycles. The van der Waals surface area contributed by atoms with E-state index in [1.807, 2.05) is 24.3 Å². The fraction of sp³-hybridized carbons (Fsp3) is 0.118. The Balaban J connectivity index is 1.82. The highest BCUT2D eigenvalue weighted by atomic mass is 19.1. The average molecular weight is 316 g/mol. The first-order valence-corrected chi connectivity index (χ1v) is 6.90. The Morgan fingerprint density at radius 1 is 1.09 bits per heavy atom. The molecule has 6 heteroatoms. The molecule has 23 heavy (non-hydrogen) atoms. The molecule has 2 aromatic carbocycles. The summed E-state index contributed by atoms with van der Waals surface area (Å²) in [7, 11) is 1.60. The molecular formula is C17H14F2N2O2. The number of hydrogen-bond donors (Lipinski definition) is 1. The molecule has 3 rings (SSSR count). The molecule has 0 fully saturated rings. The van der Waals surface area contributed by atoms with Crippen LogP contribution in [0, 0.1) is 11.6 Å². The van der Waals surface area contributed by atoms with E-state index >= 15 is 0 Å². The SMILES string of the molecule is COc1ccc(Cn2cc(-c3cc(F)c(O)c(F)c3)cn2)cc1. The van der Waals surface area contributed by atoms with Crippen molar-refractivity contribution >= 4 is 0 Å². The summed E-state index contributed by atoms with van der Waals surface area (Å²) in [6.07, 6.45) is 3.21. The lowest BCUT2D eigenvalue weighted by Crippen LogP contribution is -1.99. The van der Waals surface area contributed by atoms with Crippen LogP contribution in [-0.2, 0) is 6.54 Å². The van der Waals surface area contributed by atoms with Crippen molar-refractivity contribution in [3.05, 3.63) is 66.0 Å². The van der Waals surface area contributed by atoms with Crippen LogP contribution in [0.25, 0.3) is 11.1 Å². The van der Waals surface area contributed by atoms with E-state index in [1.165, 1.54) is 6.20 Å². The summed E-state index contributed by atoms with van der Waals surface area (Å²) in [5.41, 5.74) is 1.90. The molecule has 0 amide bonds. The van der Waals surface area contributed by atoms with Crippen molar-refractivity contribution in [2.75, 3.05) is 7.11 Å². The van der Waals surface area contributed by atoms with E-state index in [0.29, 0.717) is 17.7 Å². The van der Waals surface area contributed by atoms with Crippen LogP contribution in [0.4, 0.5) is 8.78 Å². The summed E-state index contributed by atoms with van der Waals surface area (Å²) in [4.78, 5) is 0. The van der Waals surface area contributed by atoms with Crippen LogP contribution >= 0.6 is 0 Å². The van der Waals surface area contributed by atoms with E-state index in [2.05, 4.69) is 5.10 Å². The van der Waals surface area contributed by atoms with Gasteiger partial charge in [0.15, 0.2) is 17.4 Å². The molecule has 0 bridgehead atoms. The van der Waals surface area contributed by atoms with Crippen molar-refractivity contribution < 1.29 is 18.6 Å². The van der Waals surface area contributed by atoms with Crippen LogP contribution in [0.2, 0.25) is 0 Å². The molecule has 1 aromatic heterocycles. The molecule has 0 spiro atoms. The highest BCUT2D eigenvalue weighted by Crippen LogP contribution is 2.27. The third-order valence-electron chi connectivity index (χ3n) is 3.49. The van der Waals surface area contributed by atoms with Crippen molar-refractivity contribution in [1.29, 1.82) is 0 Å². The Bertz CT molecular complexity index is 806. The molecule has 4 nitrogen and oxygen atoms in total. The van der Waals surface area contributed by atoms with Crippen molar-refractivity contribution in [1.82, 2.24) is 9.78 Å². The van der Waals surface area contributed by atoms with Gasteiger partial charge in [0, 0.05) is 11.8 Å². The molecule has 0 aliphatic heterocycles. The minimum Gasteiger partial charge on any atom is -0.503 e. The van der Waals surface area contributed by atoms with E-state index in [0.717, 1.165) is 23.4 Å². The first-order valence-electron chi connectivity index (χ1n) is 6.90. The highest BCUT2D eigenvalue weighted by molar-refractivity contribution is 5.63. The Kier molecular flexibility index (Phi) is 3.97. The Morgan fingerprint density at radius 2 is 1.74 bits per heavy atom. The number of phenols is 1. The fourth-order valence-corrected chi connectivity index (χ4v) is 2.25. The van der Waals surface area contributed by atoms with Crippen molar-refractivity contribution in [3.63, 3.8) is 0 Å². The molecule has 0 saturated carbocycles. The van der Waals surface area contributed by atoms with Gasteiger partial charge in [-0.3, -0.25) is 4.68 Å². The zero-order valence-electron chi connectivity index (χ0n) is 12.3. The van der Waals surface area contributed by atoms with E-state index in [-0.39, 0.29) is 0 Å². The third-order valence-corrected chi connectivity index (χ3v) is 3.49. The van der Waals surface area contributed by atoms with Gasteiger partial charge >= 0.3 is 0 Å². The Hall–Kier alpha value is -2.89. The van der Waals surface area contributed by atoms with Crippen LogP contribution < -0.4 is 4.74 Å². The first-order chi connectivity index (χ1) is 11.1. The molecule has 0 unspecified atom stereocenters. The smallest absolute Gasteiger partial charge is 0.187 e. The zero-order chi connectivity index (χ0) is 16.4. The van der Waals surface area contributed by atoms with Crippen LogP contribution in [0.5, 0.6) is 11.5 Å². The number of aromatic nitrogens is 2. The van der Waals surface area contributed by atoms with Crippen LogP contribution in [-0.4, -0.2) is 22.0 Å². The number of ether oxygens (including phenoxy) is 1. The molecule has 1 heterocycles. The topological polar surface area (TPSA) is 47.3 Å². The molecule has 118 valence electrons. The van der Waals surface area contributed by atoms with Crippen LogP contribution in [0.15, 0.2) is 48.8 Å². The average Bonchev–Trinajstić information content (AvgIpc) is 3.01. The van der Waals surface area contributed by atoms with Gasteiger partial charge in [0.05, 0.1) is 19.9 Å². The second-order valence-electron chi connectivity index (χ2n) is 5.06. The van der Waals surface area contributed by atoms with Gasteiger partial charge in [-0.2, -0.15) is 5.10 Å². The number of rotatable bonds is 4. The van der Waals surface area contributed by atoms with Crippen molar-refractivity contribution in [2.24, 2.45) is 0 Å². The minimum atomic E-state index is -0.997. The van der Waals surface area contributed by atoms with Crippen molar-refractivity contribution in [3.8, 4) is 22.6 Å². The van der Waals surface area contributed by atoms with E-state index in [1.54, 1.807) is 18.0 Å². The number of nitrogens with zero attached hydrogens (tertiary/aromatic N) is 2. The first kappa shape index (κ1) is 15.0. The number of aromatic hydroxyl groups is 1. The summed E-state index contributed by atoms with van der Waals surface area (Å²) in [6, 6.07) is 9.69. The lowest BCUT2D eigenvalue weighted by atomic mass is 10.1. The predicted octanol–water partition coefficient (Wildman–Crippen LogP) is 3.59. The quantitative estimate of drug-likeness (QED) is 0.800. The second kappa shape index (κ2) is 6.08. The summed E-state index contributed by atoms with van der Waals surface area (Å²) in [6.45, 7) is 0.521. The Morgan fingerprint density at radius 3 is 2.35 bits per heavy atom. The maximum absolute atomic E-state index is 13.4. The van der Waals surface area contributed by atoms with Gasteiger partial charge < -0.3 is 9.84 Å². The lowest BCUT2D eigenvalue weighted by molar-refractivity contribution is 0.396. The number of benzene rings is 2. The van der Waals surface area contributed by atoms with Crippen molar-refractivity contribution in [2.45, 2.75) is 6.54 Å². The van der Waals surface area contributed by atoms with Gasteiger partial charge in [0.1, 0.15) is 5.75 Å². The maximum Gasteiger partial charge on any atom is 0.187 e.